The molecule has 0 bridgehead atoms. The first-order valence-electron chi connectivity index (χ1n) is 12.1. The van der Waals surface area contributed by atoms with Crippen molar-refractivity contribution in [2.45, 2.75) is 37.1 Å². The molecule has 6 nitrogen and oxygen atoms in total. The number of thiophene rings is 1. The molecule has 1 amide bonds. The molecule has 0 unspecified atom stereocenters. The Morgan fingerprint density at radius 2 is 1.83 bits per heavy atom. The standard InChI is InChI=1S/C27H29FN2O4S2/c1-19-2-10-23(11-3-19)36(32,33)29(16-20-4-5-20)17-27(31)30-14-12-26-24(13-15-35-26)25(30)18-34-22-8-6-21(28)7-9-22/h2-3,6-11,13,15,20,25H,4-5,12,14,16-18H2,1H3/t25-/m0/s1. The zero-order valence-electron chi connectivity index (χ0n) is 20.1. The Balaban J connectivity index is 1.37. The second kappa shape index (κ2) is 10.3. The van der Waals surface area contributed by atoms with Gasteiger partial charge in [0.25, 0.3) is 0 Å². The highest BCUT2D eigenvalue weighted by Gasteiger charge is 2.37. The Morgan fingerprint density at radius 3 is 2.53 bits per heavy atom. The molecule has 0 radical (unpaired) electrons. The highest BCUT2D eigenvalue weighted by atomic mass is 32.2. The Morgan fingerprint density at radius 1 is 1.11 bits per heavy atom. The Hall–Kier alpha value is -2.75. The number of sulfonamides is 1. The van der Waals surface area contributed by atoms with E-state index in [0.717, 1.165) is 30.4 Å². The van der Waals surface area contributed by atoms with Crippen molar-refractivity contribution in [3.05, 3.63) is 81.8 Å². The van der Waals surface area contributed by atoms with E-state index in [9.17, 15) is 17.6 Å². The molecule has 1 atom stereocenters. The van der Waals surface area contributed by atoms with Crippen LogP contribution in [0.25, 0.3) is 0 Å². The first-order valence-corrected chi connectivity index (χ1v) is 14.4. The van der Waals surface area contributed by atoms with Crippen LogP contribution < -0.4 is 4.74 Å². The Kier molecular flexibility index (Phi) is 7.14. The zero-order valence-corrected chi connectivity index (χ0v) is 21.7. The molecule has 9 heteroatoms. The van der Waals surface area contributed by atoms with Crippen molar-refractivity contribution in [2.24, 2.45) is 5.92 Å². The Labute approximate surface area is 215 Å². The average molecular weight is 529 g/mol. The highest BCUT2D eigenvalue weighted by molar-refractivity contribution is 7.89. The number of nitrogens with zero attached hydrogens (tertiary/aromatic N) is 2. The summed E-state index contributed by atoms with van der Waals surface area (Å²) in [4.78, 5) is 16.8. The lowest BCUT2D eigenvalue weighted by Gasteiger charge is -2.37. The van der Waals surface area contributed by atoms with Gasteiger partial charge in [-0.15, -0.1) is 11.3 Å². The number of carbonyl (C=O) groups excluding carboxylic acids is 1. The first-order chi connectivity index (χ1) is 17.3. The van der Waals surface area contributed by atoms with E-state index in [1.165, 1.54) is 21.3 Å². The van der Waals surface area contributed by atoms with E-state index in [2.05, 4.69) is 0 Å². The fourth-order valence-corrected chi connectivity index (χ4v) is 6.91. The molecule has 1 aliphatic carbocycles. The average Bonchev–Trinajstić information content (AvgIpc) is 3.55. The Bertz CT molecular complexity index is 1320. The van der Waals surface area contributed by atoms with Crippen LogP contribution in [0, 0.1) is 18.7 Å². The molecule has 1 saturated carbocycles. The molecule has 1 fully saturated rings. The maximum Gasteiger partial charge on any atom is 0.243 e. The minimum atomic E-state index is -3.81. The summed E-state index contributed by atoms with van der Waals surface area (Å²) in [6, 6.07) is 14.2. The van der Waals surface area contributed by atoms with Gasteiger partial charge in [0, 0.05) is 18.0 Å². The van der Waals surface area contributed by atoms with E-state index in [-0.39, 0.29) is 35.8 Å². The number of amides is 1. The summed E-state index contributed by atoms with van der Waals surface area (Å²) in [5.74, 6) is 0.224. The van der Waals surface area contributed by atoms with Crippen LogP contribution in [-0.4, -0.2) is 49.8 Å². The molecule has 2 heterocycles. The fourth-order valence-electron chi connectivity index (χ4n) is 4.52. The third kappa shape index (κ3) is 5.48. The van der Waals surface area contributed by atoms with E-state index in [0.29, 0.717) is 24.8 Å². The summed E-state index contributed by atoms with van der Waals surface area (Å²) in [7, 11) is -3.81. The van der Waals surface area contributed by atoms with Gasteiger partial charge >= 0.3 is 0 Å². The van der Waals surface area contributed by atoms with Crippen molar-refractivity contribution >= 4 is 27.3 Å². The lowest BCUT2D eigenvalue weighted by Crippen LogP contribution is -2.48. The van der Waals surface area contributed by atoms with Gasteiger partial charge in [-0.3, -0.25) is 4.79 Å². The number of benzene rings is 2. The zero-order chi connectivity index (χ0) is 25.3. The van der Waals surface area contributed by atoms with Crippen LogP contribution in [-0.2, 0) is 21.2 Å². The molecule has 1 aromatic heterocycles. The number of hydrogen-bond acceptors (Lipinski definition) is 5. The predicted molar refractivity (Wildman–Crippen MR) is 137 cm³/mol. The van der Waals surface area contributed by atoms with Crippen molar-refractivity contribution in [3.8, 4) is 5.75 Å². The van der Waals surface area contributed by atoms with Crippen LogP contribution in [0.2, 0.25) is 0 Å². The molecular weight excluding hydrogens is 499 g/mol. The van der Waals surface area contributed by atoms with Gasteiger partial charge in [-0.25, -0.2) is 12.8 Å². The summed E-state index contributed by atoms with van der Waals surface area (Å²) in [5, 5.41) is 2.00. The second-order valence-electron chi connectivity index (χ2n) is 9.47. The van der Waals surface area contributed by atoms with Gasteiger partial charge in [-0.05, 0) is 85.5 Å². The van der Waals surface area contributed by atoms with Gasteiger partial charge in [-0.1, -0.05) is 17.7 Å². The van der Waals surface area contributed by atoms with Crippen molar-refractivity contribution in [1.82, 2.24) is 9.21 Å². The molecule has 0 saturated heterocycles. The molecule has 0 N–H and O–H groups in total. The number of aryl methyl sites for hydroxylation is 1. The molecule has 1 aliphatic heterocycles. The third-order valence-electron chi connectivity index (χ3n) is 6.77. The van der Waals surface area contributed by atoms with E-state index >= 15 is 0 Å². The maximum atomic E-state index is 13.7. The van der Waals surface area contributed by atoms with Crippen LogP contribution in [0.1, 0.15) is 34.9 Å². The van der Waals surface area contributed by atoms with Gasteiger partial charge in [0.2, 0.25) is 15.9 Å². The normalized spacial score (nSPS) is 17.8. The number of hydrogen-bond donors (Lipinski definition) is 0. The van der Waals surface area contributed by atoms with Gasteiger partial charge in [-0.2, -0.15) is 4.31 Å². The molecule has 2 aromatic carbocycles. The lowest BCUT2D eigenvalue weighted by molar-refractivity contribution is -0.135. The lowest BCUT2D eigenvalue weighted by atomic mass is 10.0. The SMILES string of the molecule is Cc1ccc(S(=O)(=O)N(CC(=O)N2CCc3sccc3[C@@H]2COc2ccc(F)cc2)CC2CC2)cc1. The quantitative estimate of drug-likeness (QED) is 0.400. The molecule has 5 rings (SSSR count). The second-order valence-corrected chi connectivity index (χ2v) is 12.4. The largest absolute Gasteiger partial charge is 0.491 e. The highest BCUT2D eigenvalue weighted by Crippen LogP contribution is 2.35. The smallest absolute Gasteiger partial charge is 0.243 e. The van der Waals surface area contributed by atoms with Crippen molar-refractivity contribution in [2.75, 3.05) is 26.2 Å². The van der Waals surface area contributed by atoms with Crippen molar-refractivity contribution < 1.29 is 22.3 Å². The molecule has 36 heavy (non-hydrogen) atoms. The van der Waals surface area contributed by atoms with E-state index in [1.807, 2.05) is 18.4 Å². The third-order valence-corrected chi connectivity index (χ3v) is 9.59. The number of rotatable bonds is 9. The number of halogens is 1. The molecular formula is C27H29FN2O4S2. The van der Waals surface area contributed by atoms with Crippen LogP contribution in [0.3, 0.4) is 0 Å². The first kappa shape index (κ1) is 24.9. The molecule has 2 aliphatic rings. The maximum absolute atomic E-state index is 13.7. The number of carbonyl (C=O) groups is 1. The van der Waals surface area contributed by atoms with Gasteiger partial charge in [0.1, 0.15) is 18.2 Å². The summed E-state index contributed by atoms with van der Waals surface area (Å²) >= 11 is 1.65. The van der Waals surface area contributed by atoms with Gasteiger partial charge < -0.3 is 9.64 Å². The molecule has 0 spiro atoms. The topological polar surface area (TPSA) is 66.9 Å². The van der Waals surface area contributed by atoms with Crippen LogP contribution >= 0.6 is 11.3 Å². The minimum Gasteiger partial charge on any atom is -0.491 e. The predicted octanol–water partition coefficient (Wildman–Crippen LogP) is 4.80. The van der Waals surface area contributed by atoms with Crippen LogP contribution in [0.4, 0.5) is 4.39 Å². The van der Waals surface area contributed by atoms with Crippen molar-refractivity contribution in [1.29, 1.82) is 0 Å². The minimum absolute atomic E-state index is 0.203. The fraction of sp³-hybridized carbons (Fsp3) is 0.370. The monoisotopic (exact) mass is 528 g/mol. The summed E-state index contributed by atoms with van der Waals surface area (Å²) < 4.78 is 47.6. The number of ether oxygens (including phenoxy) is 1. The van der Waals surface area contributed by atoms with Crippen molar-refractivity contribution in [3.63, 3.8) is 0 Å². The van der Waals surface area contributed by atoms with E-state index < -0.39 is 10.0 Å². The summed E-state index contributed by atoms with van der Waals surface area (Å²) in [5.41, 5.74) is 2.00. The van der Waals surface area contributed by atoms with Crippen LogP contribution in [0.5, 0.6) is 5.75 Å². The van der Waals surface area contributed by atoms with Gasteiger partial charge in [0.05, 0.1) is 17.5 Å². The molecule has 3 aromatic rings. The van der Waals surface area contributed by atoms with Gasteiger partial charge in [0.15, 0.2) is 0 Å². The molecule has 190 valence electrons. The van der Waals surface area contributed by atoms with Crippen LogP contribution in [0.15, 0.2) is 64.9 Å². The van der Waals surface area contributed by atoms with E-state index in [1.54, 1.807) is 52.6 Å². The summed E-state index contributed by atoms with van der Waals surface area (Å²) in [6.45, 7) is 2.74. The summed E-state index contributed by atoms with van der Waals surface area (Å²) in [6.07, 6.45) is 2.67. The number of fused-ring (bicyclic) bond motifs is 1. The van der Waals surface area contributed by atoms with E-state index in [4.69, 9.17) is 4.74 Å².